The third-order valence-electron chi connectivity index (χ3n) is 3.99. The lowest BCUT2D eigenvalue weighted by molar-refractivity contribution is 0.0410. The molecule has 0 aliphatic carbocycles. The lowest BCUT2D eigenvalue weighted by Gasteiger charge is -2.42. The van der Waals surface area contributed by atoms with E-state index in [0.717, 1.165) is 31.8 Å². The third kappa shape index (κ3) is 2.36. The van der Waals surface area contributed by atoms with Gasteiger partial charge >= 0.3 is 0 Å². The first-order valence-electron chi connectivity index (χ1n) is 6.41. The number of benzene rings is 1. The Morgan fingerprint density at radius 1 is 1.39 bits per heavy atom. The van der Waals surface area contributed by atoms with Gasteiger partial charge in [-0.3, -0.25) is 0 Å². The molecule has 1 aromatic carbocycles. The van der Waals surface area contributed by atoms with Gasteiger partial charge in [0, 0.05) is 31.2 Å². The van der Waals surface area contributed by atoms with Crippen LogP contribution >= 0.6 is 0 Å². The zero-order chi connectivity index (χ0) is 13.0. The second-order valence-corrected chi connectivity index (χ2v) is 4.84. The van der Waals surface area contributed by atoms with Gasteiger partial charge < -0.3 is 20.9 Å². The van der Waals surface area contributed by atoms with Crippen LogP contribution in [-0.2, 0) is 10.2 Å². The number of methoxy groups -OCH3 is 1. The maximum Gasteiger partial charge on any atom is 0.119 e. The van der Waals surface area contributed by atoms with E-state index in [1.165, 1.54) is 5.56 Å². The lowest BCUT2D eigenvalue weighted by atomic mass is 9.69. The third-order valence-corrected chi connectivity index (χ3v) is 3.99. The maximum absolute atomic E-state index is 6.28. The van der Waals surface area contributed by atoms with Gasteiger partial charge in [0.05, 0.1) is 7.11 Å². The summed E-state index contributed by atoms with van der Waals surface area (Å²) < 4.78 is 10.8. The summed E-state index contributed by atoms with van der Waals surface area (Å²) in [5.74, 6) is 0.864. The van der Waals surface area contributed by atoms with Gasteiger partial charge in [0.2, 0.25) is 0 Å². The van der Waals surface area contributed by atoms with E-state index in [-0.39, 0.29) is 11.5 Å². The molecular formula is C14H22N2O2. The molecule has 0 saturated carbocycles. The van der Waals surface area contributed by atoms with E-state index >= 15 is 0 Å². The highest BCUT2D eigenvalue weighted by Gasteiger charge is 2.39. The van der Waals surface area contributed by atoms with Crippen LogP contribution in [0.3, 0.4) is 0 Å². The first-order valence-corrected chi connectivity index (χ1v) is 6.41. The average Bonchev–Trinajstić information content (AvgIpc) is 2.47. The fraction of sp³-hybridized carbons (Fsp3) is 0.571. The summed E-state index contributed by atoms with van der Waals surface area (Å²) in [5.41, 5.74) is 13.2. The van der Waals surface area contributed by atoms with E-state index < -0.39 is 0 Å². The Bertz CT molecular complexity index is 389. The molecule has 4 heteroatoms. The standard InChI is InChI=1S/C14H22N2O2/c1-17-12-4-2-3-11(9-12)14(13(16)10-15)5-7-18-8-6-14/h2-4,9,13H,5-8,10,15-16H2,1H3. The Kier molecular flexibility index (Phi) is 4.22. The minimum Gasteiger partial charge on any atom is -0.497 e. The molecule has 2 rings (SSSR count). The van der Waals surface area contributed by atoms with Crippen LogP contribution < -0.4 is 16.2 Å². The molecule has 0 bridgehead atoms. The van der Waals surface area contributed by atoms with Crippen molar-refractivity contribution in [3.05, 3.63) is 29.8 Å². The molecule has 0 radical (unpaired) electrons. The summed E-state index contributed by atoms with van der Waals surface area (Å²) in [6.45, 7) is 1.97. The highest BCUT2D eigenvalue weighted by atomic mass is 16.5. The van der Waals surface area contributed by atoms with Crippen molar-refractivity contribution in [2.45, 2.75) is 24.3 Å². The molecule has 0 amide bonds. The Balaban J connectivity index is 2.38. The molecule has 1 heterocycles. The van der Waals surface area contributed by atoms with E-state index in [1.54, 1.807) is 7.11 Å². The van der Waals surface area contributed by atoms with Crippen molar-refractivity contribution in [1.29, 1.82) is 0 Å². The molecule has 1 saturated heterocycles. The second-order valence-electron chi connectivity index (χ2n) is 4.84. The van der Waals surface area contributed by atoms with E-state index in [4.69, 9.17) is 20.9 Å². The van der Waals surface area contributed by atoms with Crippen LogP contribution in [-0.4, -0.2) is 32.9 Å². The molecule has 4 N–H and O–H groups in total. The molecule has 1 aliphatic rings. The minimum absolute atomic E-state index is 0.0477. The average molecular weight is 250 g/mol. The summed E-state index contributed by atoms with van der Waals surface area (Å²) in [6.07, 6.45) is 1.83. The molecule has 1 unspecified atom stereocenters. The van der Waals surface area contributed by atoms with Gasteiger partial charge in [0.25, 0.3) is 0 Å². The fourth-order valence-corrected chi connectivity index (χ4v) is 2.77. The first-order chi connectivity index (χ1) is 8.73. The fourth-order valence-electron chi connectivity index (χ4n) is 2.77. The van der Waals surface area contributed by atoms with Crippen molar-refractivity contribution < 1.29 is 9.47 Å². The summed E-state index contributed by atoms with van der Waals surface area (Å²) in [6, 6.07) is 8.09. The monoisotopic (exact) mass is 250 g/mol. The lowest BCUT2D eigenvalue weighted by Crippen LogP contribution is -2.52. The SMILES string of the molecule is COc1cccc(C2(C(N)CN)CCOCC2)c1. The van der Waals surface area contributed by atoms with Crippen molar-refractivity contribution in [2.24, 2.45) is 11.5 Å². The van der Waals surface area contributed by atoms with Crippen LogP contribution in [0.5, 0.6) is 5.75 Å². The highest BCUT2D eigenvalue weighted by molar-refractivity contribution is 5.36. The quantitative estimate of drug-likeness (QED) is 0.837. The Hall–Kier alpha value is -1.10. The van der Waals surface area contributed by atoms with Crippen molar-refractivity contribution in [3.8, 4) is 5.75 Å². The number of nitrogens with two attached hydrogens (primary N) is 2. The molecule has 100 valence electrons. The van der Waals surface area contributed by atoms with E-state index in [2.05, 4.69) is 12.1 Å². The zero-order valence-corrected chi connectivity index (χ0v) is 10.9. The van der Waals surface area contributed by atoms with Gasteiger partial charge in [-0.15, -0.1) is 0 Å². The summed E-state index contributed by atoms with van der Waals surface area (Å²) >= 11 is 0. The van der Waals surface area contributed by atoms with Crippen LogP contribution in [0.15, 0.2) is 24.3 Å². The summed E-state index contributed by atoms with van der Waals surface area (Å²) in [5, 5.41) is 0. The predicted molar refractivity (Wildman–Crippen MR) is 71.8 cm³/mol. The van der Waals surface area contributed by atoms with Crippen LogP contribution in [0.4, 0.5) is 0 Å². The highest BCUT2D eigenvalue weighted by Crippen LogP contribution is 2.38. The summed E-state index contributed by atoms with van der Waals surface area (Å²) in [7, 11) is 1.68. The largest absolute Gasteiger partial charge is 0.497 e. The van der Waals surface area contributed by atoms with Gasteiger partial charge in [-0.1, -0.05) is 12.1 Å². The number of hydrogen-bond donors (Lipinski definition) is 2. The molecule has 1 aliphatic heterocycles. The zero-order valence-electron chi connectivity index (χ0n) is 10.9. The Morgan fingerprint density at radius 3 is 2.72 bits per heavy atom. The Labute approximate surface area is 108 Å². The van der Waals surface area contributed by atoms with Gasteiger partial charge in [0.15, 0.2) is 0 Å². The molecular weight excluding hydrogens is 228 g/mol. The van der Waals surface area contributed by atoms with Crippen molar-refractivity contribution >= 4 is 0 Å². The molecule has 18 heavy (non-hydrogen) atoms. The van der Waals surface area contributed by atoms with E-state index in [1.807, 2.05) is 12.1 Å². The van der Waals surface area contributed by atoms with Gasteiger partial charge in [-0.2, -0.15) is 0 Å². The number of rotatable bonds is 4. The molecule has 1 aromatic rings. The molecule has 1 atom stereocenters. The van der Waals surface area contributed by atoms with Crippen molar-refractivity contribution in [1.82, 2.24) is 0 Å². The van der Waals surface area contributed by atoms with Crippen molar-refractivity contribution in [2.75, 3.05) is 26.9 Å². The van der Waals surface area contributed by atoms with Crippen LogP contribution in [0.25, 0.3) is 0 Å². The van der Waals surface area contributed by atoms with Gasteiger partial charge in [-0.05, 0) is 30.5 Å². The molecule has 0 aromatic heterocycles. The maximum atomic E-state index is 6.28. The van der Waals surface area contributed by atoms with Crippen LogP contribution in [0, 0.1) is 0 Å². The first kappa shape index (κ1) is 13.3. The molecule has 1 fully saturated rings. The molecule has 4 nitrogen and oxygen atoms in total. The van der Waals surface area contributed by atoms with E-state index in [0.29, 0.717) is 6.54 Å². The second kappa shape index (κ2) is 5.69. The minimum atomic E-state index is -0.0818. The van der Waals surface area contributed by atoms with Crippen molar-refractivity contribution in [3.63, 3.8) is 0 Å². The topological polar surface area (TPSA) is 70.5 Å². The van der Waals surface area contributed by atoms with E-state index in [9.17, 15) is 0 Å². The predicted octanol–water partition coefficient (Wildman–Crippen LogP) is 1.03. The smallest absolute Gasteiger partial charge is 0.119 e. The Morgan fingerprint density at radius 2 is 2.11 bits per heavy atom. The van der Waals surface area contributed by atoms with Crippen LogP contribution in [0.1, 0.15) is 18.4 Å². The van der Waals surface area contributed by atoms with Crippen LogP contribution in [0.2, 0.25) is 0 Å². The number of ether oxygens (including phenoxy) is 2. The van der Waals surface area contributed by atoms with Gasteiger partial charge in [-0.25, -0.2) is 0 Å². The number of hydrogen-bond acceptors (Lipinski definition) is 4. The van der Waals surface area contributed by atoms with Gasteiger partial charge in [0.1, 0.15) is 5.75 Å². The summed E-state index contributed by atoms with van der Waals surface area (Å²) in [4.78, 5) is 0. The normalized spacial score (nSPS) is 20.4. The molecule has 0 spiro atoms.